The van der Waals surface area contributed by atoms with Crippen LogP contribution in [0, 0.1) is 0 Å². The Balaban J connectivity index is 2.64. The lowest BCUT2D eigenvalue weighted by molar-refractivity contribution is -0.117. The summed E-state index contributed by atoms with van der Waals surface area (Å²) in [4.78, 5) is 10.6. The van der Waals surface area contributed by atoms with Crippen LogP contribution in [0.5, 0.6) is 0 Å². The standard InChI is InChI=1S/C7H13NO3S/c1-6(9)8-12(2,10)7-4-3-5-11-7/h7H,2-5H2,1H3,(H,8,9,10). The summed E-state index contributed by atoms with van der Waals surface area (Å²) in [6.45, 7) is 1.93. The second kappa shape index (κ2) is 3.45. The molecule has 1 aliphatic heterocycles. The third-order valence-electron chi connectivity index (χ3n) is 1.63. The lowest BCUT2D eigenvalue weighted by Crippen LogP contribution is -2.36. The third-order valence-corrected chi connectivity index (χ3v) is 3.48. The lowest BCUT2D eigenvalue weighted by atomic mass is 10.4. The third kappa shape index (κ3) is 2.22. The van der Waals surface area contributed by atoms with E-state index in [0.717, 1.165) is 6.42 Å². The molecule has 1 N–H and O–H groups in total. The SMILES string of the molecule is C=S(=O)(NC(C)=O)C1CCCO1. The van der Waals surface area contributed by atoms with E-state index in [1.165, 1.54) is 6.92 Å². The first kappa shape index (κ1) is 9.54. The van der Waals surface area contributed by atoms with Crippen molar-refractivity contribution in [3.05, 3.63) is 0 Å². The quantitative estimate of drug-likeness (QED) is 0.620. The molecule has 1 amide bonds. The van der Waals surface area contributed by atoms with Crippen molar-refractivity contribution in [2.24, 2.45) is 0 Å². The minimum Gasteiger partial charge on any atom is -0.364 e. The number of carbonyl (C=O) groups is 1. The van der Waals surface area contributed by atoms with Crippen molar-refractivity contribution in [2.45, 2.75) is 25.2 Å². The van der Waals surface area contributed by atoms with Gasteiger partial charge in [-0.15, -0.1) is 0 Å². The molecular weight excluding hydrogens is 178 g/mol. The molecule has 70 valence electrons. The zero-order valence-corrected chi connectivity index (χ0v) is 7.86. The molecule has 1 saturated heterocycles. The van der Waals surface area contributed by atoms with Crippen LogP contribution >= 0.6 is 0 Å². The minimum absolute atomic E-state index is 0.328. The van der Waals surface area contributed by atoms with E-state index in [1.54, 1.807) is 0 Å². The highest BCUT2D eigenvalue weighted by molar-refractivity contribution is 7.99. The van der Waals surface area contributed by atoms with Crippen LogP contribution in [-0.2, 0) is 19.2 Å². The molecule has 0 radical (unpaired) electrons. The fourth-order valence-corrected chi connectivity index (χ4v) is 2.64. The molecule has 0 bridgehead atoms. The molecular formula is C7H13NO3S. The number of amides is 1. The molecule has 0 aromatic rings. The summed E-state index contributed by atoms with van der Waals surface area (Å²) in [6, 6.07) is 0. The highest BCUT2D eigenvalue weighted by Gasteiger charge is 2.24. The Morgan fingerprint density at radius 2 is 2.42 bits per heavy atom. The first-order chi connectivity index (χ1) is 5.52. The van der Waals surface area contributed by atoms with E-state index < -0.39 is 15.1 Å². The Hall–Kier alpha value is -0.550. The number of rotatable bonds is 2. The second-order valence-corrected chi connectivity index (χ2v) is 5.01. The Morgan fingerprint density at radius 1 is 1.75 bits per heavy atom. The predicted octanol–water partition coefficient (Wildman–Crippen LogP) is -0.110. The Morgan fingerprint density at radius 3 is 2.83 bits per heavy atom. The van der Waals surface area contributed by atoms with E-state index in [1.807, 2.05) is 0 Å². The fourth-order valence-electron chi connectivity index (χ4n) is 1.16. The van der Waals surface area contributed by atoms with E-state index in [0.29, 0.717) is 13.0 Å². The monoisotopic (exact) mass is 191 g/mol. The zero-order chi connectivity index (χ0) is 9.19. The average Bonchev–Trinajstić information content (AvgIpc) is 2.32. The highest BCUT2D eigenvalue weighted by Crippen LogP contribution is 2.16. The maximum absolute atomic E-state index is 11.6. The predicted molar refractivity (Wildman–Crippen MR) is 48.1 cm³/mol. The summed E-state index contributed by atoms with van der Waals surface area (Å²) in [7, 11) is -2.58. The molecule has 0 aromatic carbocycles. The van der Waals surface area contributed by atoms with E-state index >= 15 is 0 Å². The maximum Gasteiger partial charge on any atom is 0.228 e. The molecule has 0 aliphatic carbocycles. The summed E-state index contributed by atoms with van der Waals surface area (Å²) in [5.74, 6) is 3.13. The molecule has 12 heavy (non-hydrogen) atoms. The van der Waals surface area contributed by atoms with Crippen LogP contribution in [0.25, 0.3) is 0 Å². The van der Waals surface area contributed by atoms with Crippen molar-refractivity contribution in [3.8, 4) is 0 Å². The number of hydrogen-bond acceptors (Lipinski definition) is 3. The van der Waals surface area contributed by atoms with Gasteiger partial charge in [-0.2, -0.15) is 0 Å². The molecule has 1 rings (SSSR count). The number of carbonyl (C=O) groups excluding carboxylic acids is 1. The van der Waals surface area contributed by atoms with Crippen LogP contribution < -0.4 is 4.72 Å². The van der Waals surface area contributed by atoms with Crippen molar-refractivity contribution in [3.63, 3.8) is 0 Å². The van der Waals surface area contributed by atoms with Gasteiger partial charge >= 0.3 is 0 Å². The molecule has 2 unspecified atom stereocenters. The lowest BCUT2D eigenvalue weighted by Gasteiger charge is -2.15. The van der Waals surface area contributed by atoms with Gasteiger partial charge in [-0.25, -0.2) is 4.21 Å². The molecule has 0 spiro atoms. The van der Waals surface area contributed by atoms with Gasteiger partial charge in [0, 0.05) is 13.5 Å². The van der Waals surface area contributed by atoms with Crippen LogP contribution in [0.3, 0.4) is 0 Å². The molecule has 1 fully saturated rings. The second-order valence-electron chi connectivity index (χ2n) is 2.83. The molecule has 4 nitrogen and oxygen atoms in total. The van der Waals surface area contributed by atoms with E-state index in [4.69, 9.17) is 4.74 Å². The first-order valence-electron chi connectivity index (χ1n) is 3.78. The van der Waals surface area contributed by atoms with Gasteiger partial charge in [0.15, 0.2) is 0 Å². The summed E-state index contributed by atoms with van der Waals surface area (Å²) in [5, 5.41) is 0. The van der Waals surface area contributed by atoms with Crippen molar-refractivity contribution in [2.75, 3.05) is 6.61 Å². The van der Waals surface area contributed by atoms with Crippen molar-refractivity contribution >= 4 is 21.5 Å². The normalized spacial score (nSPS) is 27.9. The van der Waals surface area contributed by atoms with Gasteiger partial charge in [0.25, 0.3) is 0 Å². The van der Waals surface area contributed by atoms with Crippen molar-refractivity contribution in [1.82, 2.24) is 4.72 Å². The van der Waals surface area contributed by atoms with Gasteiger partial charge < -0.3 is 4.74 Å². The van der Waals surface area contributed by atoms with E-state index in [-0.39, 0.29) is 5.91 Å². The molecule has 0 aromatic heterocycles. The smallest absolute Gasteiger partial charge is 0.228 e. The summed E-state index contributed by atoms with van der Waals surface area (Å²) >= 11 is 0. The Kier molecular flexibility index (Phi) is 2.74. The maximum atomic E-state index is 11.6. The van der Waals surface area contributed by atoms with Gasteiger partial charge in [-0.3, -0.25) is 9.52 Å². The summed E-state index contributed by atoms with van der Waals surface area (Å²) < 4.78 is 19.1. The van der Waals surface area contributed by atoms with Gasteiger partial charge in [-0.1, -0.05) is 0 Å². The van der Waals surface area contributed by atoms with Crippen LogP contribution in [0.15, 0.2) is 0 Å². The van der Waals surface area contributed by atoms with Gasteiger partial charge in [0.1, 0.15) is 5.44 Å². The van der Waals surface area contributed by atoms with Crippen LogP contribution in [-0.4, -0.2) is 28.0 Å². The molecule has 2 atom stereocenters. The summed E-state index contributed by atoms with van der Waals surface area (Å²) in [5.41, 5.74) is -0.401. The number of hydrogen-bond donors (Lipinski definition) is 1. The first-order valence-corrected chi connectivity index (χ1v) is 5.57. The molecule has 0 saturated carbocycles. The topological polar surface area (TPSA) is 55.4 Å². The molecule has 1 aliphatic rings. The average molecular weight is 191 g/mol. The zero-order valence-electron chi connectivity index (χ0n) is 7.04. The van der Waals surface area contributed by atoms with Gasteiger partial charge in [-0.05, 0) is 18.7 Å². The van der Waals surface area contributed by atoms with E-state index in [9.17, 15) is 9.00 Å². The van der Waals surface area contributed by atoms with Crippen LogP contribution in [0.1, 0.15) is 19.8 Å². The van der Waals surface area contributed by atoms with Gasteiger partial charge in [0.2, 0.25) is 5.91 Å². The van der Waals surface area contributed by atoms with Crippen LogP contribution in [0.2, 0.25) is 0 Å². The number of ether oxygens (including phenoxy) is 1. The van der Waals surface area contributed by atoms with Crippen LogP contribution in [0.4, 0.5) is 0 Å². The Bertz CT molecular complexity index is 264. The Labute approximate surface area is 72.4 Å². The molecule has 5 heteroatoms. The minimum atomic E-state index is -2.58. The largest absolute Gasteiger partial charge is 0.364 e. The van der Waals surface area contributed by atoms with Gasteiger partial charge in [0.05, 0.1) is 9.71 Å². The highest BCUT2D eigenvalue weighted by atomic mass is 32.2. The summed E-state index contributed by atoms with van der Waals surface area (Å²) in [6.07, 6.45) is 1.60. The van der Waals surface area contributed by atoms with E-state index in [2.05, 4.69) is 10.6 Å². The molecule has 1 heterocycles. The van der Waals surface area contributed by atoms with Crippen molar-refractivity contribution in [1.29, 1.82) is 0 Å². The number of nitrogens with one attached hydrogen (secondary N) is 1. The van der Waals surface area contributed by atoms with Crippen molar-refractivity contribution < 1.29 is 13.7 Å². The fraction of sp³-hybridized carbons (Fsp3) is 0.714.